The lowest BCUT2D eigenvalue weighted by molar-refractivity contribution is 0.0264. The Labute approximate surface area is 204 Å². The van der Waals surface area contributed by atoms with E-state index in [1.165, 1.54) is 6.07 Å². The van der Waals surface area contributed by atoms with Crippen LogP contribution in [-0.2, 0) is 11.2 Å². The van der Waals surface area contributed by atoms with Crippen molar-refractivity contribution in [3.63, 3.8) is 0 Å². The van der Waals surface area contributed by atoms with Gasteiger partial charge in [-0.25, -0.2) is 0 Å². The van der Waals surface area contributed by atoms with Gasteiger partial charge in [0.2, 0.25) is 0 Å². The van der Waals surface area contributed by atoms with Gasteiger partial charge >= 0.3 is 0 Å². The second kappa shape index (κ2) is 12.4. The van der Waals surface area contributed by atoms with Gasteiger partial charge in [0.25, 0.3) is 5.91 Å². The third-order valence-corrected chi connectivity index (χ3v) is 6.48. The molecule has 0 bridgehead atoms. The molecule has 33 heavy (non-hydrogen) atoms. The van der Waals surface area contributed by atoms with Gasteiger partial charge in [-0.05, 0) is 42.7 Å². The smallest absolute Gasteiger partial charge is 0.251 e. The summed E-state index contributed by atoms with van der Waals surface area (Å²) in [6, 6.07) is 9.65. The Balaban J connectivity index is 1.77. The Morgan fingerprint density at radius 2 is 1.88 bits per heavy atom. The lowest BCUT2D eigenvalue weighted by atomic mass is 9.97. The van der Waals surface area contributed by atoms with Crippen LogP contribution >= 0.6 is 23.2 Å². The van der Waals surface area contributed by atoms with Gasteiger partial charge < -0.3 is 24.6 Å². The zero-order chi connectivity index (χ0) is 23.8. The zero-order valence-corrected chi connectivity index (χ0v) is 20.4. The Hall–Kier alpha value is -2.03. The van der Waals surface area contributed by atoms with Crippen molar-refractivity contribution in [2.45, 2.75) is 25.0 Å². The van der Waals surface area contributed by atoms with Crippen molar-refractivity contribution >= 4 is 29.1 Å². The van der Waals surface area contributed by atoms with E-state index in [4.69, 9.17) is 37.4 Å². The first-order chi connectivity index (χ1) is 15.9. The van der Waals surface area contributed by atoms with Crippen LogP contribution in [0.4, 0.5) is 0 Å². The molecule has 0 aliphatic carbocycles. The summed E-state index contributed by atoms with van der Waals surface area (Å²) in [7, 11) is 3.17. The maximum atomic E-state index is 13.0. The Morgan fingerprint density at radius 3 is 2.55 bits per heavy atom. The first-order valence-electron chi connectivity index (χ1n) is 10.9. The molecule has 180 valence electrons. The molecule has 1 saturated heterocycles. The molecular weight excluding hydrogens is 467 g/mol. The van der Waals surface area contributed by atoms with Crippen molar-refractivity contribution in [3.8, 4) is 11.5 Å². The molecule has 1 heterocycles. The summed E-state index contributed by atoms with van der Waals surface area (Å²) in [5.41, 5.74) is 1.22. The molecule has 1 aliphatic rings. The van der Waals surface area contributed by atoms with E-state index in [0.717, 1.165) is 18.7 Å². The molecule has 3 rings (SSSR count). The third-order valence-electron chi connectivity index (χ3n) is 5.74. The van der Waals surface area contributed by atoms with Crippen molar-refractivity contribution in [1.82, 2.24) is 10.2 Å². The number of rotatable bonds is 10. The number of aliphatic hydroxyl groups excluding tert-OH is 1. The van der Waals surface area contributed by atoms with Gasteiger partial charge in [0, 0.05) is 31.3 Å². The predicted octanol–water partition coefficient (Wildman–Crippen LogP) is 3.43. The molecule has 9 heteroatoms. The van der Waals surface area contributed by atoms with Crippen LogP contribution in [0, 0.1) is 0 Å². The fraction of sp³-hybridized carbons (Fsp3) is 0.458. The number of benzene rings is 2. The van der Waals surface area contributed by atoms with Gasteiger partial charge in [-0.3, -0.25) is 9.69 Å². The molecule has 0 spiro atoms. The highest BCUT2D eigenvalue weighted by molar-refractivity contribution is 6.42. The average Bonchev–Trinajstić information content (AvgIpc) is 2.84. The molecule has 0 saturated carbocycles. The minimum atomic E-state index is -0.772. The molecule has 1 fully saturated rings. The summed E-state index contributed by atoms with van der Waals surface area (Å²) >= 11 is 12.1. The molecule has 1 aliphatic heterocycles. The highest BCUT2D eigenvalue weighted by Crippen LogP contribution is 2.27. The molecule has 2 N–H and O–H groups in total. The first kappa shape index (κ1) is 25.6. The molecule has 0 radical (unpaired) electrons. The number of ether oxygens (including phenoxy) is 3. The maximum Gasteiger partial charge on any atom is 0.251 e. The number of hydrogen-bond acceptors (Lipinski definition) is 6. The summed E-state index contributed by atoms with van der Waals surface area (Å²) in [5.74, 6) is 0.958. The molecule has 1 amide bonds. The number of amides is 1. The van der Waals surface area contributed by atoms with E-state index in [-0.39, 0.29) is 5.91 Å². The number of nitrogens with zero attached hydrogens (tertiary/aromatic N) is 1. The van der Waals surface area contributed by atoms with Crippen molar-refractivity contribution in [2.75, 3.05) is 47.1 Å². The molecule has 1 unspecified atom stereocenters. The van der Waals surface area contributed by atoms with Crippen LogP contribution in [0.3, 0.4) is 0 Å². The van der Waals surface area contributed by atoms with Gasteiger partial charge in [-0.15, -0.1) is 0 Å². The lowest BCUT2D eigenvalue weighted by Crippen LogP contribution is -2.47. The maximum absolute atomic E-state index is 13.0. The quantitative estimate of drug-likeness (QED) is 0.524. The van der Waals surface area contributed by atoms with Gasteiger partial charge in [0.15, 0.2) is 0 Å². The number of morpholine rings is 1. The summed E-state index contributed by atoms with van der Waals surface area (Å²) in [5, 5.41) is 14.7. The SMILES string of the molecule is COc1ccc(C[C@H](NC(=O)c2ccc(Cl)c(Cl)c2)C(O)CCN2CCOCC2)c(OC)c1. The second-order valence-electron chi connectivity index (χ2n) is 7.90. The largest absolute Gasteiger partial charge is 0.497 e. The van der Waals surface area contributed by atoms with E-state index in [1.807, 2.05) is 12.1 Å². The van der Waals surface area contributed by atoms with Crippen LogP contribution in [0.5, 0.6) is 11.5 Å². The molecular formula is C24H30Cl2N2O5. The summed E-state index contributed by atoms with van der Waals surface area (Å²) in [6.45, 7) is 3.76. The van der Waals surface area contributed by atoms with Crippen LogP contribution in [-0.4, -0.2) is 75.1 Å². The normalized spacial score (nSPS) is 16.2. The Morgan fingerprint density at radius 1 is 1.12 bits per heavy atom. The molecule has 2 atom stereocenters. The van der Waals surface area contributed by atoms with E-state index < -0.39 is 12.1 Å². The van der Waals surface area contributed by atoms with Crippen molar-refractivity contribution in [1.29, 1.82) is 0 Å². The number of methoxy groups -OCH3 is 2. The number of aliphatic hydroxyl groups is 1. The van der Waals surface area contributed by atoms with Crippen LogP contribution < -0.4 is 14.8 Å². The average molecular weight is 497 g/mol. The van der Waals surface area contributed by atoms with Gasteiger partial charge in [0.1, 0.15) is 11.5 Å². The molecule has 7 nitrogen and oxygen atoms in total. The number of halogens is 2. The molecule has 2 aromatic carbocycles. The summed E-state index contributed by atoms with van der Waals surface area (Å²) < 4.78 is 16.2. The zero-order valence-electron chi connectivity index (χ0n) is 18.9. The van der Waals surface area contributed by atoms with Crippen LogP contribution in [0.2, 0.25) is 10.0 Å². The topological polar surface area (TPSA) is 80.3 Å². The highest BCUT2D eigenvalue weighted by Gasteiger charge is 2.25. The Bertz CT molecular complexity index is 937. The first-order valence-corrected chi connectivity index (χ1v) is 11.6. The number of carbonyl (C=O) groups excluding carboxylic acids is 1. The van der Waals surface area contributed by atoms with Gasteiger partial charge in [-0.1, -0.05) is 29.3 Å². The van der Waals surface area contributed by atoms with Gasteiger partial charge in [-0.2, -0.15) is 0 Å². The van der Waals surface area contributed by atoms with Gasteiger partial charge in [0.05, 0.1) is 49.6 Å². The van der Waals surface area contributed by atoms with E-state index in [0.29, 0.717) is 59.7 Å². The highest BCUT2D eigenvalue weighted by atomic mass is 35.5. The monoisotopic (exact) mass is 496 g/mol. The number of hydrogen-bond donors (Lipinski definition) is 2. The van der Waals surface area contributed by atoms with Crippen LogP contribution in [0.15, 0.2) is 36.4 Å². The lowest BCUT2D eigenvalue weighted by Gasteiger charge is -2.30. The minimum absolute atomic E-state index is 0.297. The fourth-order valence-electron chi connectivity index (χ4n) is 3.77. The predicted molar refractivity (Wildman–Crippen MR) is 129 cm³/mol. The van der Waals surface area contributed by atoms with Crippen molar-refractivity contribution in [2.24, 2.45) is 0 Å². The second-order valence-corrected chi connectivity index (χ2v) is 8.72. The minimum Gasteiger partial charge on any atom is -0.497 e. The standard InChI is InChI=1S/C24H30Cl2N2O5/c1-31-18-5-3-16(23(15-18)32-2)14-21(22(29)7-8-28-9-11-33-12-10-28)27-24(30)17-4-6-19(25)20(26)13-17/h3-6,13,15,21-22,29H,7-12,14H2,1-2H3,(H,27,30)/t21-,22?/m0/s1. The fourth-order valence-corrected chi connectivity index (χ4v) is 4.07. The van der Waals surface area contributed by atoms with E-state index in [1.54, 1.807) is 32.4 Å². The van der Waals surface area contributed by atoms with Crippen molar-refractivity contribution < 1.29 is 24.1 Å². The van der Waals surface area contributed by atoms with Crippen LogP contribution in [0.1, 0.15) is 22.3 Å². The summed E-state index contributed by atoms with van der Waals surface area (Å²) in [6.07, 6.45) is 0.112. The van der Waals surface area contributed by atoms with Crippen molar-refractivity contribution in [3.05, 3.63) is 57.6 Å². The number of carbonyl (C=O) groups is 1. The molecule has 0 aromatic heterocycles. The Kier molecular flexibility index (Phi) is 9.64. The van der Waals surface area contributed by atoms with E-state index in [2.05, 4.69) is 10.2 Å². The van der Waals surface area contributed by atoms with E-state index >= 15 is 0 Å². The summed E-state index contributed by atoms with van der Waals surface area (Å²) in [4.78, 5) is 15.2. The van der Waals surface area contributed by atoms with Crippen LogP contribution in [0.25, 0.3) is 0 Å². The van der Waals surface area contributed by atoms with E-state index in [9.17, 15) is 9.90 Å². The third kappa shape index (κ3) is 7.22. The molecule has 2 aromatic rings. The number of nitrogens with one attached hydrogen (secondary N) is 1.